The van der Waals surface area contributed by atoms with Crippen molar-refractivity contribution in [2.75, 3.05) is 19.6 Å². The van der Waals surface area contributed by atoms with Gasteiger partial charge in [-0.25, -0.2) is 0 Å². The lowest BCUT2D eigenvalue weighted by molar-refractivity contribution is -0.384. The molecule has 3 N–H and O–H groups in total. The van der Waals surface area contributed by atoms with Crippen LogP contribution in [0, 0.1) is 10.1 Å². The second-order valence-corrected chi connectivity index (χ2v) is 10.3. The summed E-state index contributed by atoms with van der Waals surface area (Å²) in [7, 11) is 0. The molecule has 1 fully saturated rings. The molecule has 1 aromatic heterocycles. The van der Waals surface area contributed by atoms with Gasteiger partial charge in [0.25, 0.3) is 5.69 Å². The molecule has 0 saturated carbocycles. The van der Waals surface area contributed by atoms with Crippen LogP contribution in [0.15, 0.2) is 72.8 Å². The van der Waals surface area contributed by atoms with Gasteiger partial charge in [-0.15, -0.1) is 0 Å². The first-order valence-corrected chi connectivity index (χ1v) is 12.4. The van der Waals surface area contributed by atoms with Crippen LogP contribution in [-0.2, 0) is 24.7 Å². The number of hydrogen-bond acceptors (Lipinski definition) is 5. The molecular weight excluding hydrogens is 454 g/mol. The first-order valence-electron chi connectivity index (χ1n) is 12.4. The van der Waals surface area contributed by atoms with Crippen molar-refractivity contribution < 1.29 is 15.1 Å². The van der Waals surface area contributed by atoms with Crippen LogP contribution in [0.2, 0.25) is 0 Å². The largest absolute Gasteiger partial charge is 0.508 e. The fourth-order valence-electron chi connectivity index (χ4n) is 6.45. The average molecular weight is 484 g/mol. The minimum atomic E-state index is -1.09. The van der Waals surface area contributed by atoms with Crippen molar-refractivity contribution in [2.24, 2.45) is 0 Å². The number of aromatic hydroxyl groups is 1. The van der Waals surface area contributed by atoms with Gasteiger partial charge in [0.2, 0.25) is 0 Å². The van der Waals surface area contributed by atoms with Crippen LogP contribution in [0.25, 0.3) is 10.9 Å². The number of phenolic OH excluding ortho intramolecular Hbond substituents is 1. The highest BCUT2D eigenvalue weighted by Gasteiger charge is 2.57. The van der Waals surface area contributed by atoms with Gasteiger partial charge in [0.05, 0.1) is 10.5 Å². The van der Waals surface area contributed by atoms with E-state index in [9.17, 15) is 20.3 Å². The van der Waals surface area contributed by atoms with Crippen molar-refractivity contribution in [1.29, 1.82) is 0 Å². The van der Waals surface area contributed by atoms with Crippen LogP contribution in [0.5, 0.6) is 5.75 Å². The number of nitrogens with one attached hydrogen (secondary N) is 1. The zero-order chi connectivity index (χ0) is 24.9. The second-order valence-electron chi connectivity index (χ2n) is 10.3. The normalized spacial score (nSPS) is 23.8. The van der Waals surface area contributed by atoms with Gasteiger partial charge in [-0.1, -0.05) is 42.5 Å². The zero-order valence-corrected chi connectivity index (χ0v) is 20.0. The van der Waals surface area contributed by atoms with Crippen LogP contribution in [0.3, 0.4) is 0 Å². The Balaban J connectivity index is 1.41. The highest BCUT2D eigenvalue weighted by atomic mass is 16.6. The number of aliphatic hydroxyl groups is 1. The summed E-state index contributed by atoms with van der Waals surface area (Å²) in [5.74, 6) is 0.189. The number of aromatic nitrogens is 1. The molecule has 1 saturated heterocycles. The lowest BCUT2D eigenvalue weighted by Gasteiger charge is -2.56. The van der Waals surface area contributed by atoms with Crippen molar-refractivity contribution >= 4 is 16.6 Å². The van der Waals surface area contributed by atoms with Crippen LogP contribution in [0.4, 0.5) is 5.69 Å². The third kappa shape index (κ3) is 3.67. The summed E-state index contributed by atoms with van der Waals surface area (Å²) in [6, 6.07) is 22.5. The van der Waals surface area contributed by atoms with Crippen LogP contribution in [0.1, 0.15) is 28.8 Å². The highest BCUT2D eigenvalue weighted by molar-refractivity contribution is 5.87. The highest BCUT2D eigenvalue weighted by Crippen LogP contribution is 2.52. The number of fused-ring (bicyclic) bond motifs is 4. The van der Waals surface area contributed by atoms with E-state index in [2.05, 4.69) is 22.0 Å². The number of H-pyrrole nitrogens is 1. The molecule has 0 spiro atoms. The molecule has 0 amide bonds. The third-order valence-corrected chi connectivity index (χ3v) is 8.33. The van der Waals surface area contributed by atoms with Gasteiger partial charge in [-0.05, 0) is 54.3 Å². The number of likely N-dealkylation sites (tertiary alicyclic amines) is 1. The Morgan fingerprint density at radius 3 is 2.64 bits per heavy atom. The Labute approximate surface area is 209 Å². The Kier molecular flexibility index (Phi) is 5.35. The Hall–Kier alpha value is -3.68. The molecule has 2 atom stereocenters. The minimum Gasteiger partial charge on any atom is -0.508 e. The topological polar surface area (TPSA) is 103 Å². The summed E-state index contributed by atoms with van der Waals surface area (Å²) in [6.45, 7) is 2.18. The SMILES string of the molecule is O=[N+]([O-])c1ccc2[nH]c3c(c2c1)C[C@]1(O)CN(CCc2ccccc2)CC[C@@]1(c1cccc(O)c1)C3. The fourth-order valence-corrected chi connectivity index (χ4v) is 6.45. The van der Waals surface area contributed by atoms with E-state index >= 15 is 0 Å². The molecule has 7 nitrogen and oxygen atoms in total. The number of piperidine rings is 1. The molecule has 3 aromatic carbocycles. The predicted octanol–water partition coefficient (Wildman–Crippen LogP) is 4.50. The van der Waals surface area contributed by atoms with E-state index in [0.29, 0.717) is 19.4 Å². The number of rotatable bonds is 5. The van der Waals surface area contributed by atoms with Gasteiger partial charge in [-0.3, -0.25) is 10.1 Å². The van der Waals surface area contributed by atoms with Crippen molar-refractivity contribution in [3.63, 3.8) is 0 Å². The van der Waals surface area contributed by atoms with Gasteiger partial charge in [0, 0.05) is 60.1 Å². The van der Waals surface area contributed by atoms with E-state index < -0.39 is 11.0 Å². The summed E-state index contributed by atoms with van der Waals surface area (Å²) < 4.78 is 0. The predicted molar refractivity (Wildman–Crippen MR) is 138 cm³/mol. The lowest BCUT2D eigenvalue weighted by atomic mass is 9.56. The molecule has 4 aromatic rings. The molecule has 0 unspecified atom stereocenters. The molecule has 36 heavy (non-hydrogen) atoms. The molecule has 2 heterocycles. The van der Waals surface area contributed by atoms with E-state index in [1.165, 1.54) is 11.6 Å². The molecule has 0 bridgehead atoms. The third-order valence-electron chi connectivity index (χ3n) is 8.33. The maximum Gasteiger partial charge on any atom is 0.270 e. The number of non-ortho nitro benzene ring substituents is 1. The van der Waals surface area contributed by atoms with Gasteiger partial charge >= 0.3 is 0 Å². The summed E-state index contributed by atoms with van der Waals surface area (Å²) in [4.78, 5) is 16.9. The summed E-state index contributed by atoms with van der Waals surface area (Å²) in [6.07, 6.45) is 2.62. The standard InChI is InChI=1S/C29H29N3O4/c33-23-8-4-7-21(15-23)28-12-14-31(13-11-20-5-2-1-3-6-20)19-29(28,34)17-25-24-16-22(32(35)36)9-10-26(24)30-27(25)18-28/h1-10,15-16,30,33-34H,11-14,17-19H2/t28-,29-/m0/s1. The first kappa shape index (κ1) is 22.8. The van der Waals surface area contributed by atoms with Gasteiger partial charge in [-0.2, -0.15) is 0 Å². The van der Waals surface area contributed by atoms with Gasteiger partial charge in [0.15, 0.2) is 0 Å². The fraction of sp³-hybridized carbons (Fsp3) is 0.310. The quantitative estimate of drug-likeness (QED) is 0.287. The van der Waals surface area contributed by atoms with E-state index in [0.717, 1.165) is 53.7 Å². The molecule has 2 aliphatic rings. The number of hydrogen-bond donors (Lipinski definition) is 3. The maximum absolute atomic E-state index is 12.5. The lowest BCUT2D eigenvalue weighted by Crippen LogP contribution is -2.66. The Morgan fingerprint density at radius 1 is 1.03 bits per heavy atom. The maximum atomic E-state index is 12.5. The van der Waals surface area contributed by atoms with E-state index in [1.807, 2.05) is 30.3 Å². The van der Waals surface area contributed by atoms with E-state index in [-0.39, 0.29) is 16.4 Å². The summed E-state index contributed by atoms with van der Waals surface area (Å²) >= 11 is 0. The number of phenols is 1. The number of nitro benzene ring substituents is 1. The monoisotopic (exact) mass is 483 g/mol. The smallest absolute Gasteiger partial charge is 0.270 e. The Bertz CT molecular complexity index is 1450. The van der Waals surface area contributed by atoms with Crippen molar-refractivity contribution in [3.05, 3.63) is 105 Å². The van der Waals surface area contributed by atoms with Gasteiger partial charge < -0.3 is 20.1 Å². The summed E-state index contributed by atoms with van der Waals surface area (Å²) in [5, 5.41) is 35.0. The molecule has 7 heteroatoms. The number of benzene rings is 3. The van der Waals surface area contributed by atoms with Crippen LogP contribution < -0.4 is 0 Å². The van der Waals surface area contributed by atoms with Crippen LogP contribution in [-0.4, -0.2) is 50.3 Å². The minimum absolute atomic E-state index is 0.0502. The number of nitro groups is 1. The molecule has 6 rings (SSSR count). The van der Waals surface area contributed by atoms with Crippen molar-refractivity contribution in [3.8, 4) is 5.75 Å². The second kappa shape index (κ2) is 8.47. The number of nitrogens with zero attached hydrogens (tertiary/aromatic N) is 2. The molecule has 1 aliphatic carbocycles. The van der Waals surface area contributed by atoms with E-state index in [4.69, 9.17) is 0 Å². The van der Waals surface area contributed by atoms with Crippen molar-refractivity contribution in [2.45, 2.75) is 36.7 Å². The molecule has 0 radical (unpaired) electrons. The first-order chi connectivity index (χ1) is 17.4. The average Bonchev–Trinajstić information content (AvgIpc) is 3.21. The summed E-state index contributed by atoms with van der Waals surface area (Å²) in [5.41, 5.74) is 3.39. The molecule has 1 aliphatic heterocycles. The zero-order valence-electron chi connectivity index (χ0n) is 20.0. The molecular formula is C29H29N3O4. The Morgan fingerprint density at radius 2 is 1.86 bits per heavy atom. The van der Waals surface area contributed by atoms with Gasteiger partial charge in [0.1, 0.15) is 5.75 Å². The number of aromatic amines is 1. The number of β-amino-alcohol motifs (C(OH)–C–C–N with tert-alkyl or cyclic N) is 1. The molecule has 184 valence electrons. The van der Waals surface area contributed by atoms with Crippen LogP contribution >= 0.6 is 0 Å². The van der Waals surface area contributed by atoms with E-state index in [1.54, 1.807) is 24.3 Å². The van der Waals surface area contributed by atoms with Crippen molar-refractivity contribution in [1.82, 2.24) is 9.88 Å².